The van der Waals surface area contributed by atoms with Gasteiger partial charge in [-0.2, -0.15) is 13.2 Å². The molecule has 1 N–H and O–H groups in total. The van der Waals surface area contributed by atoms with Crippen LogP contribution < -0.4 is 5.32 Å². The Balaban J connectivity index is 2.14. The normalized spacial score (nSPS) is 34.9. The number of hydrogen-bond donors (Lipinski definition) is 1. The van der Waals surface area contributed by atoms with Gasteiger partial charge in [-0.05, 0) is 39.5 Å². The van der Waals surface area contributed by atoms with Crippen molar-refractivity contribution in [3.8, 4) is 0 Å². The molecule has 0 amide bonds. The molecule has 1 saturated heterocycles. The van der Waals surface area contributed by atoms with Gasteiger partial charge in [-0.25, -0.2) is 0 Å². The highest BCUT2D eigenvalue weighted by Gasteiger charge is 2.52. The number of hydrogen-bond acceptors (Lipinski definition) is 2. The maximum atomic E-state index is 12.7. The Labute approximate surface area is 101 Å². The van der Waals surface area contributed by atoms with Crippen LogP contribution in [0.2, 0.25) is 0 Å². The first-order chi connectivity index (χ1) is 7.62. The molecule has 0 aromatic rings. The molecule has 2 nitrogen and oxygen atoms in total. The molecule has 0 spiro atoms. The fourth-order valence-electron chi connectivity index (χ4n) is 2.80. The van der Waals surface area contributed by atoms with Crippen molar-refractivity contribution in [3.05, 3.63) is 0 Å². The van der Waals surface area contributed by atoms with Gasteiger partial charge in [-0.1, -0.05) is 0 Å². The Morgan fingerprint density at radius 3 is 2.29 bits per heavy atom. The third kappa shape index (κ3) is 2.94. The van der Waals surface area contributed by atoms with Crippen molar-refractivity contribution < 1.29 is 13.2 Å². The molecule has 1 heterocycles. The molecule has 0 aromatic heterocycles. The number of nitrogens with zero attached hydrogens (tertiary/aromatic N) is 1. The van der Waals surface area contributed by atoms with Crippen molar-refractivity contribution >= 4 is 0 Å². The lowest BCUT2D eigenvalue weighted by atomic mass is 9.86. The Kier molecular flexibility index (Phi) is 2.98. The zero-order valence-electron chi connectivity index (χ0n) is 10.7. The van der Waals surface area contributed by atoms with Crippen LogP contribution in [0.3, 0.4) is 0 Å². The molecule has 1 unspecified atom stereocenters. The Bertz CT molecular complexity index is 295. The maximum absolute atomic E-state index is 12.7. The summed E-state index contributed by atoms with van der Waals surface area (Å²) in [6.45, 7) is 6.22. The fourth-order valence-corrected chi connectivity index (χ4v) is 2.80. The van der Waals surface area contributed by atoms with Crippen molar-refractivity contribution in [3.63, 3.8) is 0 Å². The van der Waals surface area contributed by atoms with Crippen LogP contribution in [0.1, 0.15) is 33.6 Å². The van der Waals surface area contributed by atoms with Crippen molar-refractivity contribution in [1.82, 2.24) is 10.2 Å². The first-order valence-electron chi connectivity index (χ1n) is 6.19. The molecule has 0 bridgehead atoms. The van der Waals surface area contributed by atoms with E-state index in [9.17, 15) is 13.2 Å². The predicted octanol–water partition coefficient (Wildman–Crippen LogP) is 2.40. The zero-order valence-corrected chi connectivity index (χ0v) is 10.7. The van der Waals surface area contributed by atoms with Crippen LogP contribution in [0.4, 0.5) is 13.2 Å². The molecule has 2 fully saturated rings. The fraction of sp³-hybridized carbons (Fsp3) is 1.00. The van der Waals surface area contributed by atoms with E-state index in [1.54, 1.807) is 4.90 Å². The highest BCUT2D eigenvalue weighted by Crippen LogP contribution is 2.45. The average Bonchev–Trinajstić information content (AvgIpc) is 2.91. The Morgan fingerprint density at radius 2 is 1.82 bits per heavy atom. The van der Waals surface area contributed by atoms with E-state index in [4.69, 9.17) is 0 Å². The smallest absolute Gasteiger partial charge is 0.309 e. The molecule has 5 heteroatoms. The lowest BCUT2D eigenvalue weighted by Crippen LogP contribution is -2.69. The third-order valence-electron chi connectivity index (χ3n) is 4.06. The number of nitrogens with one attached hydrogen (secondary N) is 1. The van der Waals surface area contributed by atoms with Crippen molar-refractivity contribution in [2.45, 2.75) is 50.9 Å². The lowest BCUT2D eigenvalue weighted by Gasteiger charge is -2.51. The second kappa shape index (κ2) is 3.85. The standard InChI is InChI=1S/C12H21F3N2/c1-10(2)7-17(8-12(13,14)15)11(3,6-16-10)9-4-5-9/h9,16H,4-8H2,1-3H3. The highest BCUT2D eigenvalue weighted by molar-refractivity contribution is 5.07. The van der Waals surface area contributed by atoms with E-state index in [1.165, 1.54) is 0 Å². The highest BCUT2D eigenvalue weighted by atomic mass is 19.4. The van der Waals surface area contributed by atoms with Crippen LogP contribution >= 0.6 is 0 Å². The number of rotatable bonds is 2. The van der Waals surface area contributed by atoms with Crippen LogP contribution in [0, 0.1) is 5.92 Å². The molecule has 1 aliphatic heterocycles. The predicted molar refractivity (Wildman–Crippen MR) is 60.8 cm³/mol. The van der Waals surface area contributed by atoms with E-state index in [-0.39, 0.29) is 11.1 Å². The molecular weight excluding hydrogens is 229 g/mol. The van der Waals surface area contributed by atoms with E-state index in [2.05, 4.69) is 5.32 Å². The first kappa shape index (κ1) is 13.1. The van der Waals surface area contributed by atoms with Crippen LogP contribution in [-0.4, -0.2) is 41.8 Å². The van der Waals surface area contributed by atoms with Gasteiger partial charge in [0.1, 0.15) is 0 Å². The topological polar surface area (TPSA) is 15.3 Å². The second-order valence-electron chi connectivity index (χ2n) is 6.34. The maximum Gasteiger partial charge on any atom is 0.401 e. The largest absolute Gasteiger partial charge is 0.401 e. The molecule has 100 valence electrons. The summed E-state index contributed by atoms with van der Waals surface area (Å²) in [5.41, 5.74) is -0.565. The second-order valence-corrected chi connectivity index (χ2v) is 6.34. The van der Waals surface area contributed by atoms with Gasteiger partial charge in [0.05, 0.1) is 6.54 Å². The summed E-state index contributed by atoms with van der Waals surface area (Å²) in [5.74, 6) is 0.424. The summed E-state index contributed by atoms with van der Waals surface area (Å²) in [7, 11) is 0. The first-order valence-corrected chi connectivity index (χ1v) is 6.19. The minimum absolute atomic E-state index is 0.236. The van der Waals surface area contributed by atoms with Gasteiger partial charge in [-0.3, -0.25) is 4.90 Å². The SMILES string of the molecule is CC1(C)CN(CC(F)(F)F)C(C)(C2CC2)CN1. The van der Waals surface area contributed by atoms with E-state index in [0.717, 1.165) is 12.8 Å². The number of piperazine rings is 1. The molecule has 2 aliphatic rings. The summed E-state index contributed by atoms with van der Waals surface area (Å²) in [5, 5.41) is 3.38. The van der Waals surface area contributed by atoms with Crippen LogP contribution in [-0.2, 0) is 0 Å². The minimum atomic E-state index is -4.11. The van der Waals surface area contributed by atoms with Gasteiger partial charge in [0.15, 0.2) is 0 Å². The number of alkyl halides is 3. The van der Waals surface area contributed by atoms with E-state index < -0.39 is 12.7 Å². The molecule has 1 saturated carbocycles. The van der Waals surface area contributed by atoms with Gasteiger partial charge in [0, 0.05) is 24.2 Å². The lowest BCUT2D eigenvalue weighted by molar-refractivity contribution is -0.168. The summed E-state index contributed by atoms with van der Waals surface area (Å²) in [4.78, 5) is 1.64. The van der Waals surface area contributed by atoms with Crippen LogP contribution in [0.15, 0.2) is 0 Å². The molecule has 0 radical (unpaired) electrons. The molecule has 0 aromatic carbocycles. The monoisotopic (exact) mass is 250 g/mol. The van der Waals surface area contributed by atoms with Crippen molar-refractivity contribution in [2.24, 2.45) is 5.92 Å². The average molecular weight is 250 g/mol. The van der Waals surface area contributed by atoms with Crippen LogP contribution in [0.25, 0.3) is 0 Å². The Morgan fingerprint density at radius 1 is 1.24 bits per heavy atom. The molecule has 1 aliphatic carbocycles. The van der Waals surface area contributed by atoms with E-state index in [1.807, 2.05) is 20.8 Å². The summed E-state index contributed by atoms with van der Waals surface area (Å²) in [6.07, 6.45) is -1.98. The quantitative estimate of drug-likeness (QED) is 0.809. The van der Waals surface area contributed by atoms with Gasteiger partial charge in [-0.15, -0.1) is 0 Å². The van der Waals surface area contributed by atoms with Crippen molar-refractivity contribution in [1.29, 1.82) is 0 Å². The molecule has 1 atom stereocenters. The zero-order chi connectivity index (χ0) is 12.9. The molecule has 17 heavy (non-hydrogen) atoms. The van der Waals surface area contributed by atoms with Gasteiger partial charge in [0.2, 0.25) is 0 Å². The van der Waals surface area contributed by atoms with Crippen LogP contribution in [0.5, 0.6) is 0 Å². The summed E-state index contributed by atoms with van der Waals surface area (Å²) >= 11 is 0. The van der Waals surface area contributed by atoms with E-state index in [0.29, 0.717) is 19.0 Å². The van der Waals surface area contributed by atoms with Gasteiger partial charge >= 0.3 is 6.18 Å². The minimum Gasteiger partial charge on any atom is -0.309 e. The van der Waals surface area contributed by atoms with Gasteiger partial charge in [0.25, 0.3) is 0 Å². The summed E-state index contributed by atoms with van der Waals surface area (Å²) < 4.78 is 38.0. The molecular formula is C12H21F3N2. The van der Waals surface area contributed by atoms with Crippen molar-refractivity contribution in [2.75, 3.05) is 19.6 Å². The van der Waals surface area contributed by atoms with Gasteiger partial charge < -0.3 is 5.32 Å². The molecule has 2 rings (SSSR count). The third-order valence-corrected chi connectivity index (χ3v) is 4.06. The Hall–Kier alpha value is -0.290. The van der Waals surface area contributed by atoms with E-state index >= 15 is 0 Å². The number of halogens is 3. The summed E-state index contributed by atoms with van der Waals surface area (Å²) in [6, 6.07) is 0.